The lowest BCUT2D eigenvalue weighted by atomic mass is 10.0. The lowest BCUT2D eigenvalue weighted by Gasteiger charge is -2.14. The van der Waals surface area contributed by atoms with Crippen molar-refractivity contribution in [3.8, 4) is 5.75 Å². The van der Waals surface area contributed by atoms with Gasteiger partial charge in [0.1, 0.15) is 5.75 Å². The second-order valence-electron chi connectivity index (χ2n) is 4.42. The van der Waals surface area contributed by atoms with Gasteiger partial charge in [-0.1, -0.05) is 18.2 Å². The third-order valence-electron chi connectivity index (χ3n) is 2.94. The summed E-state index contributed by atoms with van der Waals surface area (Å²) in [7, 11) is 0. The molecule has 1 aliphatic rings. The largest absolute Gasteiger partial charge is 0.493 e. The van der Waals surface area contributed by atoms with Gasteiger partial charge in [0.25, 0.3) is 0 Å². The smallest absolute Gasteiger partial charge is 0.392 e. The van der Waals surface area contributed by atoms with Crippen molar-refractivity contribution in [1.82, 2.24) is 5.32 Å². The first-order valence-electron chi connectivity index (χ1n) is 6.24. The molecule has 104 valence electrons. The minimum Gasteiger partial charge on any atom is -0.493 e. The van der Waals surface area contributed by atoms with Gasteiger partial charge in [-0.2, -0.15) is 13.2 Å². The first-order valence-corrected chi connectivity index (χ1v) is 6.24. The van der Waals surface area contributed by atoms with Gasteiger partial charge in [-0.15, -0.1) is 0 Å². The summed E-state index contributed by atoms with van der Waals surface area (Å²) in [4.78, 5) is 0. The Balaban J connectivity index is 1.89. The van der Waals surface area contributed by atoms with E-state index in [0.717, 1.165) is 25.1 Å². The van der Waals surface area contributed by atoms with Crippen molar-refractivity contribution < 1.29 is 17.9 Å². The molecule has 1 aromatic carbocycles. The van der Waals surface area contributed by atoms with Gasteiger partial charge < -0.3 is 10.1 Å². The van der Waals surface area contributed by atoms with Crippen LogP contribution in [0.1, 0.15) is 18.4 Å². The van der Waals surface area contributed by atoms with Crippen molar-refractivity contribution in [1.29, 1.82) is 0 Å². The van der Waals surface area contributed by atoms with E-state index in [2.05, 4.69) is 11.4 Å². The topological polar surface area (TPSA) is 21.3 Å². The maximum Gasteiger partial charge on any atom is 0.392 e. The maximum atomic E-state index is 12.0. The van der Waals surface area contributed by atoms with Gasteiger partial charge in [0, 0.05) is 6.54 Å². The monoisotopic (exact) mass is 271 g/mol. The minimum atomic E-state index is -4.17. The molecular weight excluding hydrogens is 255 g/mol. The molecule has 1 aliphatic heterocycles. The Hall–Kier alpha value is -1.49. The van der Waals surface area contributed by atoms with Gasteiger partial charge in [-0.05, 0) is 36.2 Å². The molecule has 0 fully saturated rings. The van der Waals surface area contributed by atoms with Crippen LogP contribution >= 0.6 is 0 Å². The van der Waals surface area contributed by atoms with E-state index in [1.54, 1.807) is 12.1 Å². The lowest BCUT2D eigenvalue weighted by Crippen LogP contribution is -2.19. The van der Waals surface area contributed by atoms with E-state index in [1.165, 1.54) is 5.57 Å². The molecule has 0 atom stereocenters. The normalized spacial score (nSPS) is 16.1. The lowest BCUT2D eigenvalue weighted by molar-refractivity contribution is -0.139. The zero-order chi connectivity index (χ0) is 13.7. The molecule has 0 bridgehead atoms. The van der Waals surface area contributed by atoms with E-state index in [4.69, 9.17) is 4.74 Å². The molecule has 0 saturated carbocycles. The van der Waals surface area contributed by atoms with Crippen molar-refractivity contribution in [3.63, 3.8) is 0 Å². The summed E-state index contributed by atoms with van der Waals surface area (Å²) in [5, 5.41) is 3.23. The molecule has 0 aromatic heterocycles. The molecule has 0 radical (unpaired) electrons. The van der Waals surface area contributed by atoms with Gasteiger partial charge in [-0.25, -0.2) is 0 Å². The summed E-state index contributed by atoms with van der Waals surface area (Å²) in [5.74, 6) is 0.475. The molecular formula is C14H16F3NO. The van der Waals surface area contributed by atoms with Crippen LogP contribution in [0.2, 0.25) is 0 Å². The summed E-state index contributed by atoms with van der Waals surface area (Å²) in [6, 6.07) is 7.21. The maximum absolute atomic E-state index is 12.0. The standard InChI is InChI=1S/C14H16F3NO/c15-14(16,17)7-10-19-13-3-1-11(2-4-13)12-5-8-18-9-6-12/h1-5,18H,6-10H2. The van der Waals surface area contributed by atoms with Crippen LogP contribution in [0.4, 0.5) is 13.2 Å². The minimum absolute atomic E-state index is 0.338. The molecule has 2 nitrogen and oxygen atoms in total. The quantitative estimate of drug-likeness (QED) is 0.906. The Morgan fingerprint density at radius 2 is 1.89 bits per heavy atom. The van der Waals surface area contributed by atoms with Gasteiger partial charge in [0.2, 0.25) is 0 Å². The van der Waals surface area contributed by atoms with E-state index in [1.807, 2.05) is 12.1 Å². The molecule has 0 spiro atoms. The molecule has 5 heteroatoms. The fourth-order valence-electron chi connectivity index (χ4n) is 1.93. The van der Waals surface area contributed by atoms with E-state index < -0.39 is 12.6 Å². The van der Waals surface area contributed by atoms with Crippen LogP contribution in [0.15, 0.2) is 30.3 Å². The highest BCUT2D eigenvalue weighted by atomic mass is 19.4. The molecule has 1 aromatic rings. The zero-order valence-electron chi connectivity index (χ0n) is 10.5. The Labute approximate surface area is 110 Å². The summed E-state index contributed by atoms with van der Waals surface area (Å²) >= 11 is 0. The molecule has 0 saturated heterocycles. The summed E-state index contributed by atoms with van der Waals surface area (Å²) < 4.78 is 41.0. The number of rotatable bonds is 4. The van der Waals surface area contributed by atoms with Crippen LogP contribution in [-0.2, 0) is 0 Å². The summed E-state index contributed by atoms with van der Waals surface area (Å²) in [5.41, 5.74) is 2.37. The van der Waals surface area contributed by atoms with Gasteiger partial charge >= 0.3 is 6.18 Å². The highest BCUT2D eigenvalue weighted by Gasteiger charge is 2.26. The Kier molecular flexibility index (Phi) is 4.47. The molecule has 1 heterocycles. The van der Waals surface area contributed by atoms with Crippen LogP contribution < -0.4 is 10.1 Å². The van der Waals surface area contributed by atoms with E-state index in [9.17, 15) is 13.2 Å². The van der Waals surface area contributed by atoms with Crippen molar-refractivity contribution in [2.45, 2.75) is 19.0 Å². The van der Waals surface area contributed by atoms with Crippen LogP contribution in [0.5, 0.6) is 5.75 Å². The fraction of sp³-hybridized carbons (Fsp3) is 0.429. The van der Waals surface area contributed by atoms with Gasteiger partial charge in [0.05, 0.1) is 13.0 Å². The number of hydrogen-bond donors (Lipinski definition) is 1. The van der Waals surface area contributed by atoms with Crippen LogP contribution in [0, 0.1) is 0 Å². The zero-order valence-corrected chi connectivity index (χ0v) is 10.5. The van der Waals surface area contributed by atoms with E-state index in [0.29, 0.717) is 5.75 Å². The highest BCUT2D eigenvalue weighted by Crippen LogP contribution is 2.23. The van der Waals surface area contributed by atoms with Crippen molar-refractivity contribution in [2.75, 3.05) is 19.7 Å². The molecule has 19 heavy (non-hydrogen) atoms. The molecule has 1 N–H and O–H groups in total. The number of hydrogen-bond acceptors (Lipinski definition) is 2. The molecule has 0 aliphatic carbocycles. The van der Waals surface area contributed by atoms with Crippen LogP contribution in [-0.4, -0.2) is 25.9 Å². The number of benzene rings is 1. The second-order valence-corrected chi connectivity index (χ2v) is 4.42. The third kappa shape index (κ3) is 4.59. The van der Waals surface area contributed by atoms with Gasteiger partial charge in [0.15, 0.2) is 0 Å². The first-order chi connectivity index (χ1) is 9.04. The molecule has 0 unspecified atom stereocenters. The highest BCUT2D eigenvalue weighted by molar-refractivity contribution is 5.67. The van der Waals surface area contributed by atoms with E-state index in [-0.39, 0.29) is 6.61 Å². The Bertz CT molecular complexity index is 437. The Morgan fingerprint density at radius 3 is 2.47 bits per heavy atom. The number of halogens is 3. The summed E-state index contributed by atoms with van der Waals surface area (Å²) in [6.45, 7) is 1.48. The Morgan fingerprint density at radius 1 is 1.16 bits per heavy atom. The van der Waals surface area contributed by atoms with Crippen molar-refractivity contribution in [3.05, 3.63) is 35.9 Å². The number of ether oxygens (including phenoxy) is 1. The molecule has 2 rings (SSSR count). The molecule has 0 amide bonds. The van der Waals surface area contributed by atoms with E-state index >= 15 is 0 Å². The van der Waals surface area contributed by atoms with Gasteiger partial charge in [-0.3, -0.25) is 0 Å². The third-order valence-corrected chi connectivity index (χ3v) is 2.94. The van der Waals surface area contributed by atoms with Crippen molar-refractivity contribution in [2.24, 2.45) is 0 Å². The predicted octanol–water partition coefficient (Wildman–Crippen LogP) is 3.39. The average Bonchev–Trinajstić information content (AvgIpc) is 2.39. The number of nitrogens with one attached hydrogen (secondary N) is 1. The van der Waals surface area contributed by atoms with Crippen LogP contribution in [0.25, 0.3) is 5.57 Å². The van der Waals surface area contributed by atoms with Crippen LogP contribution in [0.3, 0.4) is 0 Å². The first kappa shape index (κ1) is 13.9. The number of alkyl halides is 3. The second kappa shape index (κ2) is 6.10. The van der Waals surface area contributed by atoms with Crippen molar-refractivity contribution >= 4 is 5.57 Å². The SMILES string of the molecule is FC(F)(F)CCOc1ccc(C2=CCNCC2)cc1. The fourth-order valence-corrected chi connectivity index (χ4v) is 1.93. The summed E-state index contributed by atoms with van der Waals surface area (Å²) in [6.07, 6.45) is -2.00. The average molecular weight is 271 g/mol. The predicted molar refractivity (Wildman–Crippen MR) is 68.1 cm³/mol.